The Morgan fingerprint density at radius 2 is 1.96 bits per heavy atom. The second-order valence-electron chi connectivity index (χ2n) is 7.19. The van der Waals surface area contributed by atoms with Gasteiger partial charge in [0.1, 0.15) is 5.54 Å². The minimum Gasteiger partial charge on any atom is -0.368 e. The van der Waals surface area contributed by atoms with Crippen molar-refractivity contribution in [1.82, 2.24) is 5.32 Å². The normalized spacial score (nSPS) is 20.2. The van der Waals surface area contributed by atoms with E-state index in [0.717, 1.165) is 24.9 Å². The average Bonchev–Trinajstić information content (AvgIpc) is 3.11. The first kappa shape index (κ1) is 16.5. The third-order valence-electron chi connectivity index (χ3n) is 4.94. The van der Waals surface area contributed by atoms with E-state index >= 15 is 0 Å². The van der Waals surface area contributed by atoms with Crippen molar-refractivity contribution in [3.63, 3.8) is 0 Å². The van der Waals surface area contributed by atoms with E-state index in [1.165, 1.54) is 11.1 Å². The largest absolute Gasteiger partial charge is 0.368 e. The van der Waals surface area contributed by atoms with Crippen LogP contribution < -0.4 is 16.0 Å². The molecule has 0 saturated carbocycles. The van der Waals surface area contributed by atoms with E-state index < -0.39 is 17.4 Å². The van der Waals surface area contributed by atoms with Gasteiger partial charge in [-0.05, 0) is 56.4 Å². The van der Waals surface area contributed by atoms with Gasteiger partial charge in [0, 0.05) is 18.7 Å². The Balaban J connectivity index is 1.72. The van der Waals surface area contributed by atoms with E-state index in [4.69, 9.17) is 5.73 Å². The molecular weight excluding hydrogens is 306 g/mol. The second-order valence-corrected chi connectivity index (χ2v) is 7.19. The van der Waals surface area contributed by atoms with Crippen LogP contribution in [0.3, 0.4) is 0 Å². The van der Waals surface area contributed by atoms with Gasteiger partial charge in [-0.3, -0.25) is 14.4 Å². The van der Waals surface area contributed by atoms with Gasteiger partial charge in [0.05, 0.1) is 5.92 Å². The van der Waals surface area contributed by atoms with Crippen LogP contribution in [0.1, 0.15) is 37.8 Å². The van der Waals surface area contributed by atoms with Gasteiger partial charge < -0.3 is 16.0 Å². The van der Waals surface area contributed by atoms with Crippen LogP contribution in [0.5, 0.6) is 0 Å². The molecule has 1 fully saturated rings. The molecule has 128 valence electrons. The highest BCUT2D eigenvalue weighted by Crippen LogP contribution is 2.30. The Morgan fingerprint density at radius 3 is 2.67 bits per heavy atom. The minimum absolute atomic E-state index is 0.0648. The first-order chi connectivity index (χ1) is 11.3. The van der Waals surface area contributed by atoms with Gasteiger partial charge in [0.15, 0.2) is 0 Å². The first-order valence-corrected chi connectivity index (χ1v) is 8.32. The molecule has 0 bridgehead atoms. The highest BCUT2D eigenvalue weighted by Gasteiger charge is 2.38. The van der Waals surface area contributed by atoms with Crippen molar-refractivity contribution in [1.29, 1.82) is 0 Å². The summed E-state index contributed by atoms with van der Waals surface area (Å²) in [4.78, 5) is 37.7. The molecule has 1 aliphatic carbocycles. The van der Waals surface area contributed by atoms with Crippen molar-refractivity contribution in [2.45, 2.75) is 45.1 Å². The van der Waals surface area contributed by atoms with Crippen LogP contribution in [-0.2, 0) is 27.2 Å². The standard InChI is InChI=1S/C18H23N3O3/c1-18(2,17(19)24)20-16(23)13-9-15(22)21(10-13)14-7-6-11-4-3-5-12(11)8-14/h6-8,13H,3-5,9-10H2,1-2H3,(H2,19,24)(H,20,23). The predicted octanol–water partition coefficient (Wildman–Crippen LogP) is 0.908. The number of benzene rings is 1. The number of aryl methyl sites for hydroxylation is 2. The van der Waals surface area contributed by atoms with Crippen LogP contribution in [0, 0.1) is 5.92 Å². The fraction of sp³-hybridized carbons (Fsp3) is 0.500. The molecule has 1 heterocycles. The molecule has 0 radical (unpaired) electrons. The summed E-state index contributed by atoms with van der Waals surface area (Å²) in [6, 6.07) is 6.10. The molecule has 1 unspecified atom stereocenters. The van der Waals surface area contributed by atoms with E-state index in [1.807, 2.05) is 6.07 Å². The summed E-state index contributed by atoms with van der Waals surface area (Å²) < 4.78 is 0. The fourth-order valence-corrected chi connectivity index (χ4v) is 3.33. The zero-order chi connectivity index (χ0) is 17.5. The number of hydrogen-bond donors (Lipinski definition) is 2. The number of anilines is 1. The number of carbonyl (C=O) groups excluding carboxylic acids is 3. The Hall–Kier alpha value is -2.37. The highest BCUT2D eigenvalue weighted by atomic mass is 16.2. The van der Waals surface area contributed by atoms with Crippen molar-refractivity contribution in [2.75, 3.05) is 11.4 Å². The summed E-state index contributed by atoms with van der Waals surface area (Å²) in [5, 5.41) is 2.64. The summed E-state index contributed by atoms with van der Waals surface area (Å²) in [6.07, 6.45) is 3.44. The van der Waals surface area contributed by atoms with Crippen LogP contribution in [0.2, 0.25) is 0 Å². The van der Waals surface area contributed by atoms with Crippen molar-refractivity contribution in [3.8, 4) is 0 Å². The lowest BCUT2D eigenvalue weighted by Crippen LogP contribution is -2.54. The van der Waals surface area contributed by atoms with E-state index in [-0.39, 0.29) is 18.2 Å². The summed E-state index contributed by atoms with van der Waals surface area (Å²) in [7, 11) is 0. The molecule has 1 aliphatic heterocycles. The number of hydrogen-bond acceptors (Lipinski definition) is 3. The molecule has 2 aliphatic rings. The van der Waals surface area contributed by atoms with Crippen molar-refractivity contribution >= 4 is 23.4 Å². The number of primary amides is 1. The van der Waals surface area contributed by atoms with Gasteiger partial charge >= 0.3 is 0 Å². The predicted molar refractivity (Wildman–Crippen MR) is 90.3 cm³/mol. The molecule has 1 aromatic rings. The van der Waals surface area contributed by atoms with Crippen LogP contribution in [0.25, 0.3) is 0 Å². The number of nitrogens with one attached hydrogen (secondary N) is 1. The number of fused-ring (bicyclic) bond motifs is 1. The number of carbonyl (C=O) groups is 3. The molecule has 1 aromatic carbocycles. The lowest BCUT2D eigenvalue weighted by molar-refractivity contribution is -0.132. The molecule has 0 spiro atoms. The smallest absolute Gasteiger partial charge is 0.242 e. The maximum atomic E-state index is 12.4. The number of amides is 3. The fourth-order valence-electron chi connectivity index (χ4n) is 3.33. The average molecular weight is 329 g/mol. The molecule has 3 rings (SSSR count). The van der Waals surface area contributed by atoms with Crippen LogP contribution in [-0.4, -0.2) is 29.8 Å². The van der Waals surface area contributed by atoms with Gasteiger partial charge in [0.25, 0.3) is 0 Å². The third kappa shape index (κ3) is 3.00. The summed E-state index contributed by atoms with van der Waals surface area (Å²) in [5.74, 6) is -1.44. The topological polar surface area (TPSA) is 92.5 Å². The molecule has 3 N–H and O–H groups in total. The maximum absolute atomic E-state index is 12.4. The summed E-state index contributed by atoms with van der Waals surface area (Å²) >= 11 is 0. The third-order valence-corrected chi connectivity index (χ3v) is 4.94. The molecule has 6 nitrogen and oxygen atoms in total. The maximum Gasteiger partial charge on any atom is 0.242 e. The van der Waals surface area contributed by atoms with Gasteiger partial charge in [-0.2, -0.15) is 0 Å². The minimum atomic E-state index is -1.12. The molecule has 3 amide bonds. The quantitative estimate of drug-likeness (QED) is 0.860. The molecule has 1 saturated heterocycles. The molecular formula is C18H23N3O3. The zero-order valence-corrected chi connectivity index (χ0v) is 14.1. The Bertz CT molecular complexity index is 711. The SMILES string of the molecule is CC(C)(NC(=O)C1CC(=O)N(c2ccc3c(c2)CCC3)C1)C(N)=O. The van der Waals surface area contributed by atoms with Gasteiger partial charge in [-0.25, -0.2) is 0 Å². The number of nitrogens with two attached hydrogens (primary N) is 1. The number of rotatable bonds is 4. The van der Waals surface area contributed by atoms with E-state index in [9.17, 15) is 14.4 Å². The Labute approximate surface area is 141 Å². The van der Waals surface area contributed by atoms with Gasteiger partial charge in [0.2, 0.25) is 17.7 Å². The second kappa shape index (κ2) is 5.92. The van der Waals surface area contributed by atoms with Crippen LogP contribution in [0.15, 0.2) is 18.2 Å². The summed E-state index contributed by atoms with van der Waals surface area (Å²) in [6.45, 7) is 3.45. The molecule has 1 atom stereocenters. The lowest BCUT2D eigenvalue weighted by atomic mass is 10.0. The number of nitrogens with zero attached hydrogens (tertiary/aromatic N) is 1. The van der Waals surface area contributed by atoms with Gasteiger partial charge in [-0.1, -0.05) is 6.07 Å². The van der Waals surface area contributed by atoms with E-state index in [1.54, 1.807) is 18.7 Å². The highest BCUT2D eigenvalue weighted by molar-refractivity contribution is 6.01. The van der Waals surface area contributed by atoms with Crippen molar-refractivity contribution in [2.24, 2.45) is 11.7 Å². The van der Waals surface area contributed by atoms with Gasteiger partial charge in [-0.15, -0.1) is 0 Å². The van der Waals surface area contributed by atoms with Crippen LogP contribution in [0.4, 0.5) is 5.69 Å². The Morgan fingerprint density at radius 1 is 1.25 bits per heavy atom. The Kier molecular flexibility index (Phi) is 4.07. The van der Waals surface area contributed by atoms with Crippen LogP contribution >= 0.6 is 0 Å². The van der Waals surface area contributed by atoms with Crippen molar-refractivity contribution in [3.05, 3.63) is 29.3 Å². The van der Waals surface area contributed by atoms with E-state index in [2.05, 4.69) is 17.4 Å². The monoisotopic (exact) mass is 329 g/mol. The zero-order valence-electron chi connectivity index (χ0n) is 14.1. The lowest BCUT2D eigenvalue weighted by Gasteiger charge is -2.24. The summed E-state index contributed by atoms with van der Waals surface area (Å²) in [5.41, 5.74) is 7.66. The molecule has 24 heavy (non-hydrogen) atoms. The van der Waals surface area contributed by atoms with E-state index in [0.29, 0.717) is 6.54 Å². The molecule has 0 aromatic heterocycles. The molecule has 6 heteroatoms. The van der Waals surface area contributed by atoms with Crippen molar-refractivity contribution < 1.29 is 14.4 Å². The first-order valence-electron chi connectivity index (χ1n) is 8.32.